The fourth-order valence-electron chi connectivity index (χ4n) is 2.12. The Morgan fingerprint density at radius 1 is 1.26 bits per heavy atom. The molecule has 3 nitrogen and oxygen atoms in total. The van der Waals surface area contributed by atoms with Gasteiger partial charge in [0.25, 0.3) is 0 Å². The van der Waals surface area contributed by atoms with Crippen LogP contribution in [0.3, 0.4) is 0 Å². The Kier molecular flexibility index (Phi) is 7.19. The van der Waals surface area contributed by atoms with Gasteiger partial charge in [-0.25, -0.2) is 0 Å². The number of carboxylic acid groups (broad SMARTS) is 1. The van der Waals surface area contributed by atoms with Gasteiger partial charge in [-0.15, -0.1) is 0 Å². The molecule has 106 valence electrons. The molecule has 0 bridgehead atoms. The summed E-state index contributed by atoms with van der Waals surface area (Å²) in [5.74, 6) is -0.736. The Labute approximate surface area is 116 Å². The first kappa shape index (κ1) is 15.7. The number of nitrogens with one attached hydrogen (secondary N) is 1. The molecule has 1 atom stereocenters. The lowest BCUT2D eigenvalue weighted by Crippen LogP contribution is -2.34. The number of rotatable bonds is 9. The average Bonchev–Trinajstić information content (AvgIpc) is 2.36. The summed E-state index contributed by atoms with van der Waals surface area (Å²) in [5.41, 5.74) is 2.43. The van der Waals surface area contributed by atoms with Crippen LogP contribution in [0, 0.1) is 6.92 Å². The standard InChI is InChI=1S/C16H25NO2/c1-3-4-5-10-17-15(12-16(18)19)11-14-8-6-13(2)7-9-14/h6-9,15,17H,3-5,10-12H2,1-2H3,(H,18,19). The summed E-state index contributed by atoms with van der Waals surface area (Å²) < 4.78 is 0. The SMILES string of the molecule is CCCCCNC(CC(=O)O)Cc1ccc(C)cc1. The van der Waals surface area contributed by atoms with Crippen LogP contribution in [-0.2, 0) is 11.2 Å². The van der Waals surface area contributed by atoms with E-state index >= 15 is 0 Å². The van der Waals surface area contributed by atoms with Gasteiger partial charge in [-0.2, -0.15) is 0 Å². The lowest BCUT2D eigenvalue weighted by molar-refractivity contribution is -0.137. The van der Waals surface area contributed by atoms with Crippen molar-refractivity contribution in [3.8, 4) is 0 Å². The van der Waals surface area contributed by atoms with Gasteiger partial charge < -0.3 is 10.4 Å². The zero-order valence-electron chi connectivity index (χ0n) is 12.0. The maximum Gasteiger partial charge on any atom is 0.304 e. The van der Waals surface area contributed by atoms with Crippen molar-refractivity contribution in [3.05, 3.63) is 35.4 Å². The largest absolute Gasteiger partial charge is 0.481 e. The van der Waals surface area contributed by atoms with Gasteiger partial charge in [0, 0.05) is 6.04 Å². The van der Waals surface area contributed by atoms with Crippen molar-refractivity contribution in [3.63, 3.8) is 0 Å². The highest BCUT2D eigenvalue weighted by Crippen LogP contribution is 2.08. The van der Waals surface area contributed by atoms with Crippen molar-refractivity contribution >= 4 is 5.97 Å². The van der Waals surface area contributed by atoms with E-state index in [1.54, 1.807) is 0 Å². The van der Waals surface area contributed by atoms with E-state index in [1.807, 2.05) is 0 Å². The maximum absolute atomic E-state index is 10.9. The van der Waals surface area contributed by atoms with Gasteiger partial charge in [0.2, 0.25) is 0 Å². The van der Waals surface area contributed by atoms with Crippen LogP contribution in [0.1, 0.15) is 43.7 Å². The van der Waals surface area contributed by atoms with Gasteiger partial charge in [-0.05, 0) is 31.9 Å². The van der Waals surface area contributed by atoms with Gasteiger partial charge in [0.05, 0.1) is 6.42 Å². The molecule has 1 aromatic carbocycles. The Balaban J connectivity index is 2.48. The molecule has 0 saturated heterocycles. The molecule has 3 heteroatoms. The Hall–Kier alpha value is -1.35. The molecular formula is C16H25NO2. The Morgan fingerprint density at radius 2 is 1.95 bits per heavy atom. The number of carboxylic acids is 1. The minimum absolute atomic E-state index is 0.0251. The van der Waals surface area contributed by atoms with Gasteiger partial charge in [0.15, 0.2) is 0 Å². The summed E-state index contributed by atoms with van der Waals surface area (Å²) in [5, 5.41) is 12.3. The fourth-order valence-corrected chi connectivity index (χ4v) is 2.12. The van der Waals surface area contributed by atoms with E-state index < -0.39 is 5.97 Å². The van der Waals surface area contributed by atoms with Crippen LogP contribution < -0.4 is 5.32 Å². The highest BCUT2D eigenvalue weighted by molar-refractivity contribution is 5.67. The fraction of sp³-hybridized carbons (Fsp3) is 0.562. The first-order valence-electron chi connectivity index (χ1n) is 7.12. The van der Waals surface area contributed by atoms with E-state index in [4.69, 9.17) is 5.11 Å². The zero-order chi connectivity index (χ0) is 14.1. The van der Waals surface area contributed by atoms with Crippen molar-refractivity contribution < 1.29 is 9.90 Å². The topological polar surface area (TPSA) is 49.3 Å². The summed E-state index contributed by atoms with van der Waals surface area (Å²) in [7, 11) is 0. The highest BCUT2D eigenvalue weighted by Gasteiger charge is 2.13. The first-order valence-corrected chi connectivity index (χ1v) is 7.12. The van der Waals surface area contributed by atoms with Crippen LogP contribution in [0.15, 0.2) is 24.3 Å². The van der Waals surface area contributed by atoms with Gasteiger partial charge in [-0.3, -0.25) is 4.79 Å². The zero-order valence-corrected chi connectivity index (χ0v) is 12.0. The van der Waals surface area contributed by atoms with Crippen molar-refractivity contribution in [1.29, 1.82) is 0 Å². The van der Waals surface area contributed by atoms with Crippen molar-refractivity contribution in [2.24, 2.45) is 0 Å². The van der Waals surface area contributed by atoms with E-state index in [0.29, 0.717) is 0 Å². The number of unbranched alkanes of at least 4 members (excludes halogenated alkanes) is 2. The van der Waals surface area contributed by atoms with Crippen LogP contribution >= 0.6 is 0 Å². The summed E-state index contributed by atoms with van der Waals surface area (Å²) in [6.45, 7) is 5.13. The normalized spacial score (nSPS) is 12.3. The van der Waals surface area contributed by atoms with Gasteiger partial charge >= 0.3 is 5.97 Å². The van der Waals surface area contributed by atoms with Crippen molar-refractivity contribution in [2.75, 3.05) is 6.54 Å². The molecular weight excluding hydrogens is 238 g/mol. The van der Waals surface area contributed by atoms with E-state index in [2.05, 4.69) is 43.4 Å². The van der Waals surface area contributed by atoms with E-state index in [1.165, 1.54) is 24.0 Å². The average molecular weight is 263 g/mol. The second-order valence-electron chi connectivity index (χ2n) is 5.15. The molecule has 0 spiro atoms. The molecule has 1 aromatic rings. The number of hydrogen-bond donors (Lipinski definition) is 2. The lowest BCUT2D eigenvalue weighted by Gasteiger charge is -2.17. The highest BCUT2D eigenvalue weighted by atomic mass is 16.4. The van der Waals surface area contributed by atoms with Crippen LogP contribution in [0.25, 0.3) is 0 Å². The summed E-state index contributed by atoms with van der Waals surface area (Å²) in [6.07, 6.45) is 4.44. The molecule has 1 unspecified atom stereocenters. The summed E-state index contributed by atoms with van der Waals surface area (Å²) in [4.78, 5) is 10.9. The molecule has 0 aliphatic heterocycles. The number of aliphatic carboxylic acids is 1. The van der Waals surface area contributed by atoms with E-state index in [0.717, 1.165) is 19.4 Å². The molecule has 0 heterocycles. The predicted molar refractivity (Wildman–Crippen MR) is 78.5 cm³/mol. The summed E-state index contributed by atoms with van der Waals surface area (Å²) in [6, 6.07) is 8.33. The first-order chi connectivity index (χ1) is 9.11. The van der Waals surface area contributed by atoms with Crippen LogP contribution in [0.2, 0.25) is 0 Å². The van der Waals surface area contributed by atoms with E-state index in [9.17, 15) is 4.79 Å². The maximum atomic E-state index is 10.9. The third kappa shape index (κ3) is 6.97. The Morgan fingerprint density at radius 3 is 2.53 bits per heavy atom. The third-order valence-electron chi connectivity index (χ3n) is 3.24. The van der Waals surface area contributed by atoms with Crippen LogP contribution in [0.4, 0.5) is 0 Å². The van der Waals surface area contributed by atoms with Crippen LogP contribution in [-0.4, -0.2) is 23.7 Å². The molecule has 0 aliphatic rings. The number of aryl methyl sites for hydroxylation is 1. The lowest BCUT2D eigenvalue weighted by atomic mass is 10.0. The van der Waals surface area contributed by atoms with Gasteiger partial charge in [-0.1, -0.05) is 49.6 Å². The van der Waals surface area contributed by atoms with E-state index in [-0.39, 0.29) is 12.5 Å². The summed E-state index contributed by atoms with van der Waals surface area (Å²) >= 11 is 0. The molecule has 0 amide bonds. The second kappa shape index (κ2) is 8.70. The number of hydrogen-bond acceptors (Lipinski definition) is 2. The molecule has 1 rings (SSSR count). The smallest absolute Gasteiger partial charge is 0.304 e. The van der Waals surface area contributed by atoms with Crippen molar-refractivity contribution in [1.82, 2.24) is 5.32 Å². The number of benzene rings is 1. The van der Waals surface area contributed by atoms with Crippen LogP contribution in [0.5, 0.6) is 0 Å². The molecule has 0 aliphatic carbocycles. The molecule has 0 aromatic heterocycles. The molecule has 0 saturated carbocycles. The van der Waals surface area contributed by atoms with Gasteiger partial charge in [0.1, 0.15) is 0 Å². The monoisotopic (exact) mass is 263 g/mol. The quantitative estimate of drug-likeness (QED) is 0.673. The second-order valence-corrected chi connectivity index (χ2v) is 5.15. The minimum Gasteiger partial charge on any atom is -0.481 e. The van der Waals surface area contributed by atoms with Crippen molar-refractivity contribution in [2.45, 2.75) is 52.0 Å². The molecule has 0 fully saturated rings. The molecule has 19 heavy (non-hydrogen) atoms. The third-order valence-corrected chi connectivity index (χ3v) is 3.24. The number of carbonyl (C=O) groups is 1. The minimum atomic E-state index is -0.736. The predicted octanol–water partition coefficient (Wildman–Crippen LogP) is 3.16. The molecule has 0 radical (unpaired) electrons. The Bertz CT molecular complexity index is 373. The molecule has 2 N–H and O–H groups in total.